The molecular formula is C25H20N4OS2. The molecule has 158 valence electrons. The molecule has 32 heavy (non-hydrogen) atoms. The maximum absolute atomic E-state index is 13.1. The molecule has 2 aromatic carbocycles. The summed E-state index contributed by atoms with van der Waals surface area (Å²) in [6, 6.07) is 16.8. The fourth-order valence-electron chi connectivity index (χ4n) is 4.49. The van der Waals surface area contributed by atoms with Gasteiger partial charge in [-0.3, -0.25) is 4.79 Å². The Morgan fingerprint density at radius 1 is 1.19 bits per heavy atom. The molecule has 0 N–H and O–H groups in total. The van der Waals surface area contributed by atoms with Crippen LogP contribution in [0.15, 0.2) is 59.9 Å². The minimum Gasteiger partial charge on any atom is -0.308 e. The molecule has 3 aromatic heterocycles. The first-order chi connectivity index (χ1) is 15.6. The first-order valence-corrected chi connectivity index (χ1v) is 12.4. The van der Waals surface area contributed by atoms with Gasteiger partial charge in [0.15, 0.2) is 0 Å². The van der Waals surface area contributed by atoms with E-state index >= 15 is 0 Å². The van der Waals surface area contributed by atoms with E-state index < -0.39 is 0 Å². The van der Waals surface area contributed by atoms with Gasteiger partial charge in [0.25, 0.3) is 0 Å². The lowest BCUT2D eigenvalue weighted by Crippen LogP contribution is -2.36. The summed E-state index contributed by atoms with van der Waals surface area (Å²) in [5, 5.41) is 2.98. The fourth-order valence-corrected chi connectivity index (χ4v) is 6.55. The van der Waals surface area contributed by atoms with Gasteiger partial charge in [0.1, 0.15) is 16.2 Å². The highest BCUT2D eigenvalue weighted by Gasteiger charge is 2.30. The largest absolute Gasteiger partial charge is 0.308 e. The standard InChI is InChI=1S/C25H20N4OS2/c1-14-7-8-16-11-18-22-23(32-24(18)28-19(16)9-14)25(27-13-26-22)31-12-21(30)29-15(2)10-17-5-3-4-6-20(17)29/h3-9,11,13,15H,10,12H2,1-2H3/t15-/m0/s1. The summed E-state index contributed by atoms with van der Waals surface area (Å²) in [4.78, 5) is 30.0. The van der Waals surface area contributed by atoms with Crippen LogP contribution in [0.2, 0.25) is 0 Å². The smallest absolute Gasteiger partial charge is 0.237 e. The third kappa shape index (κ3) is 3.15. The van der Waals surface area contributed by atoms with Crippen molar-refractivity contribution in [1.29, 1.82) is 0 Å². The van der Waals surface area contributed by atoms with Crippen LogP contribution in [0.4, 0.5) is 5.69 Å². The number of fused-ring (bicyclic) bond motifs is 5. The van der Waals surface area contributed by atoms with Crippen molar-refractivity contribution in [3.63, 3.8) is 0 Å². The van der Waals surface area contributed by atoms with Gasteiger partial charge >= 0.3 is 0 Å². The molecule has 0 saturated carbocycles. The van der Waals surface area contributed by atoms with Gasteiger partial charge in [-0.15, -0.1) is 11.3 Å². The summed E-state index contributed by atoms with van der Waals surface area (Å²) >= 11 is 3.08. The first kappa shape index (κ1) is 19.6. The monoisotopic (exact) mass is 456 g/mol. The molecule has 0 unspecified atom stereocenters. The molecule has 1 aliphatic heterocycles. The SMILES string of the molecule is Cc1ccc2cc3c(nc2c1)sc1c(SCC(=O)N2c4ccccc4C[C@@H]2C)ncnc13. The highest BCUT2D eigenvalue weighted by atomic mass is 32.2. The normalized spacial score (nSPS) is 15.7. The Bertz CT molecular complexity index is 1530. The van der Waals surface area contributed by atoms with Crippen LogP contribution >= 0.6 is 23.1 Å². The molecule has 5 nitrogen and oxygen atoms in total. The molecule has 0 bridgehead atoms. The van der Waals surface area contributed by atoms with E-state index in [2.05, 4.69) is 54.1 Å². The molecule has 6 rings (SSSR count). The molecule has 1 aliphatic rings. The second-order valence-corrected chi connectivity index (χ2v) is 10.2. The van der Waals surface area contributed by atoms with E-state index in [1.165, 1.54) is 22.9 Å². The average Bonchev–Trinajstić information content (AvgIpc) is 3.32. The molecule has 0 radical (unpaired) electrons. The van der Waals surface area contributed by atoms with Crippen LogP contribution in [-0.4, -0.2) is 32.7 Å². The van der Waals surface area contributed by atoms with Gasteiger partial charge in [-0.1, -0.05) is 42.1 Å². The lowest BCUT2D eigenvalue weighted by Gasteiger charge is -2.22. The number of aryl methyl sites for hydroxylation is 1. The van der Waals surface area contributed by atoms with Gasteiger partial charge < -0.3 is 4.90 Å². The summed E-state index contributed by atoms with van der Waals surface area (Å²) < 4.78 is 0.995. The van der Waals surface area contributed by atoms with E-state index in [9.17, 15) is 4.79 Å². The third-order valence-electron chi connectivity index (χ3n) is 5.97. The van der Waals surface area contributed by atoms with Crippen LogP contribution in [-0.2, 0) is 11.2 Å². The Balaban J connectivity index is 1.34. The van der Waals surface area contributed by atoms with Crippen molar-refractivity contribution in [3.8, 4) is 0 Å². The van der Waals surface area contributed by atoms with E-state index in [0.29, 0.717) is 5.75 Å². The van der Waals surface area contributed by atoms with Gasteiger partial charge in [-0.05, 0) is 49.6 Å². The molecule has 0 saturated heterocycles. The van der Waals surface area contributed by atoms with Crippen molar-refractivity contribution < 1.29 is 4.79 Å². The van der Waals surface area contributed by atoms with Crippen molar-refractivity contribution in [2.45, 2.75) is 31.3 Å². The molecular weight excluding hydrogens is 436 g/mol. The van der Waals surface area contributed by atoms with E-state index in [1.54, 1.807) is 17.7 Å². The number of rotatable bonds is 3. The Hall–Kier alpha value is -3.03. The molecule has 0 fully saturated rings. The third-order valence-corrected chi connectivity index (χ3v) is 8.17. The van der Waals surface area contributed by atoms with Crippen molar-refractivity contribution in [2.75, 3.05) is 10.7 Å². The summed E-state index contributed by atoms with van der Waals surface area (Å²) in [6.45, 7) is 4.18. The Labute approximate surface area is 193 Å². The minimum atomic E-state index is 0.111. The second kappa shape index (κ2) is 7.53. The summed E-state index contributed by atoms with van der Waals surface area (Å²) in [5.74, 6) is 0.452. The number of carbonyl (C=O) groups excluding carboxylic acids is 1. The highest BCUT2D eigenvalue weighted by Crippen LogP contribution is 2.38. The molecule has 0 spiro atoms. The number of hydrogen-bond donors (Lipinski definition) is 0. The minimum absolute atomic E-state index is 0.111. The average molecular weight is 457 g/mol. The van der Waals surface area contributed by atoms with Crippen LogP contribution < -0.4 is 4.90 Å². The maximum Gasteiger partial charge on any atom is 0.237 e. The Morgan fingerprint density at radius 3 is 2.97 bits per heavy atom. The van der Waals surface area contributed by atoms with E-state index in [1.807, 2.05) is 23.1 Å². The van der Waals surface area contributed by atoms with Gasteiger partial charge in [0.05, 0.1) is 21.5 Å². The number of hydrogen-bond acceptors (Lipinski definition) is 6. The fraction of sp³-hybridized carbons (Fsp3) is 0.200. The lowest BCUT2D eigenvalue weighted by molar-refractivity contribution is -0.116. The second-order valence-electron chi connectivity index (χ2n) is 8.23. The van der Waals surface area contributed by atoms with E-state index in [0.717, 1.165) is 48.5 Å². The number of thioether (sulfide) groups is 1. The van der Waals surface area contributed by atoms with Gasteiger partial charge in [-0.25, -0.2) is 15.0 Å². The zero-order valence-electron chi connectivity index (χ0n) is 17.7. The van der Waals surface area contributed by atoms with Gasteiger partial charge in [0, 0.05) is 22.5 Å². The predicted octanol–water partition coefficient (Wildman–Crippen LogP) is 5.77. The van der Waals surface area contributed by atoms with Crippen molar-refractivity contribution in [3.05, 3.63) is 66.0 Å². The zero-order valence-corrected chi connectivity index (χ0v) is 19.3. The number of nitrogens with zero attached hydrogens (tertiary/aromatic N) is 4. The number of thiophene rings is 1. The number of amides is 1. The lowest BCUT2D eigenvalue weighted by atomic mass is 10.1. The first-order valence-electron chi connectivity index (χ1n) is 10.6. The number of carbonyl (C=O) groups is 1. The number of pyridine rings is 1. The summed E-state index contributed by atoms with van der Waals surface area (Å²) in [5.41, 5.74) is 5.36. The Kier molecular flexibility index (Phi) is 4.62. The number of para-hydroxylation sites is 1. The number of benzene rings is 2. The van der Waals surface area contributed by atoms with E-state index in [-0.39, 0.29) is 11.9 Å². The van der Waals surface area contributed by atoms with Crippen LogP contribution in [0.3, 0.4) is 0 Å². The number of anilines is 1. The molecule has 1 atom stereocenters. The maximum atomic E-state index is 13.1. The van der Waals surface area contributed by atoms with Crippen molar-refractivity contribution >= 4 is 66.0 Å². The summed E-state index contributed by atoms with van der Waals surface area (Å²) in [6.07, 6.45) is 2.49. The summed E-state index contributed by atoms with van der Waals surface area (Å²) in [7, 11) is 0. The van der Waals surface area contributed by atoms with Crippen LogP contribution in [0, 0.1) is 6.92 Å². The molecule has 7 heteroatoms. The highest BCUT2D eigenvalue weighted by molar-refractivity contribution is 8.00. The topological polar surface area (TPSA) is 59.0 Å². The van der Waals surface area contributed by atoms with Crippen molar-refractivity contribution in [2.24, 2.45) is 0 Å². The van der Waals surface area contributed by atoms with Crippen LogP contribution in [0.25, 0.3) is 31.3 Å². The zero-order chi connectivity index (χ0) is 21.8. The molecule has 4 heterocycles. The van der Waals surface area contributed by atoms with E-state index in [4.69, 9.17) is 4.98 Å². The molecule has 0 aliphatic carbocycles. The number of aromatic nitrogens is 3. The molecule has 1 amide bonds. The van der Waals surface area contributed by atoms with Crippen LogP contribution in [0.5, 0.6) is 0 Å². The quantitative estimate of drug-likeness (QED) is 0.255. The Morgan fingerprint density at radius 2 is 2.06 bits per heavy atom. The van der Waals surface area contributed by atoms with Gasteiger partial charge in [0.2, 0.25) is 5.91 Å². The molecule has 5 aromatic rings. The van der Waals surface area contributed by atoms with Gasteiger partial charge in [-0.2, -0.15) is 0 Å². The predicted molar refractivity (Wildman–Crippen MR) is 133 cm³/mol. The van der Waals surface area contributed by atoms with Crippen LogP contribution in [0.1, 0.15) is 18.1 Å². The van der Waals surface area contributed by atoms with Crippen molar-refractivity contribution in [1.82, 2.24) is 15.0 Å².